The van der Waals surface area contributed by atoms with Crippen LogP contribution in [-0.2, 0) is 19.3 Å². The van der Waals surface area contributed by atoms with E-state index in [0.29, 0.717) is 11.8 Å². The highest BCUT2D eigenvalue weighted by Crippen LogP contribution is 2.39. The summed E-state index contributed by atoms with van der Waals surface area (Å²) in [6.07, 6.45) is 38.9. The van der Waals surface area contributed by atoms with Gasteiger partial charge in [0, 0.05) is 43.8 Å². The number of hydrogen-bond donors (Lipinski definition) is 0. The molecule has 7 rings (SSSR count). The molecule has 3 nitrogen and oxygen atoms in total. The van der Waals surface area contributed by atoms with Crippen molar-refractivity contribution >= 4 is 62.7 Å². The van der Waals surface area contributed by atoms with E-state index in [9.17, 15) is 0 Å². The Morgan fingerprint density at radius 1 is 1.02 bits per heavy atom. The fraction of sp³-hybridized carbons (Fsp3) is 0.296. The molecule has 3 heterocycles. The van der Waals surface area contributed by atoms with Crippen molar-refractivity contribution in [1.29, 1.82) is 0 Å². The zero-order chi connectivity index (χ0) is 41.1. The Labute approximate surface area is 361 Å². The lowest BCUT2D eigenvalue weighted by Crippen LogP contribution is -2.41. The molecule has 0 N–H and O–H groups in total. The van der Waals surface area contributed by atoms with E-state index in [-0.39, 0.29) is 6.17 Å². The van der Waals surface area contributed by atoms with Crippen LogP contribution < -0.4 is 0 Å². The fourth-order valence-electron chi connectivity index (χ4n) is 8.47. The maximum Gasteiger partial charge on any atom is 0.159 e. The van der Waals surface area contributed by atoms with Gasteiger partial charge in [-0.05, 0) is 135 Å². The lowest BCUT2D eigenvalue weighted by molar-refractivity contribution is 0.416. The SMILES string of the molecule is C=CC/C(=C\CC(CC)c1ccccc1)C1=NC(/C(C=C)=C/C=C\C)=NC(/C(C)=C/c2c(Cc3ccc4sc5c(c4c3)C=CCC=C5)sc3c2C/C=C\CCCC3)N1C. The van der Waals surface area contributed by atoms with Crippen LogP contribution in [0.3, 0.4) is 0 Å². The molecule has 2 unspecified atom stereocenters. The van der Waals surface area contributed by atoms with Gasteiger partial charge < -0.3 is 4.90 Å². The van der Waals surface area contributed by atoms with Crippen LogP contribution in [0.4, 0.5) is 0 Å². The average molecular weight is 814 g/mol. The van der Waals surface area contributed by atoms with E-state index >= 15 is 0 Å². The van der Waals surface area contributed by atoms with Crippen LogP contribution in [0.2, 0.25) is 0 Å². The van der Waals surface area contributed by atoms with Crippen molar-refractivity contribution < 1.29 is 0 Å². The Morgan fingerprint density at radius 3 is 2.66 bits per heavy atom. The largest absolute Gasteiger partial charge is 0.334 e. The Hall–Kier alpha value is -5.10. The molecule has 302 valence electrons. The number of thiophene rings is 2. The topological polar surface area (TPSA) is 28.0 Å². The zero-order valence-corrected chi connectivity index (χ0v) is 37.1. The summed E-state index contributed by atoms with van der Waals surface area (Å²) < 4.78 is 1.36. The quantitative estimate of drug-likeness (QED) is 0.0920. The number of rotatable bonds is 14. The molecule has 0 saturated heterocycles. The third kappa shape index (κ3) is 9.86. The van der Waals surface area contributed by atoms with Crippen LogP contribution >= 0.6 is 22.7 Å². The van der Waals surface area contributed by atoms with Gasteiger partial charge in [0.15, 0.2) is 5.84 Å². The molecule has 2 atom stereocenters. The lowest BCUT2D eigenvalue weighted by Gasteiger charge is -2.34. The first-order chi connectivity index (χ1) is 28.9. The summed E-state index contributed by atoms with van der Waals surface area (Å²) in [5.41, 5.74) is 10.2. The van der Waals surface area contributed by atoms with Crippen LogP contribution in [0.15, 0.2) is 149 Å². The van der Waals surface area contributed by atoms with E-state index in [0.717, 1.165) is 62.8 Å². The minimum absolute atomic E-state index is 0.247. The lowest BCUT2D eigenvalue weighted by atomic mass is 9.91. The first kappa shape index (κ1) is 42.0. The summed E-state index contributed by atoms with van der Waals surface area (Å²) in [6.45, 7) is 15.0. The molecule has 2 aliphatic carbocycles. The normalized spacial score (nSPS) is 18.7. The number of aliphatic imine (C=N–C) groups is 2. The van der Waals surface area contributed by atoms with E-state index in [1.54, 1.807) is 0 Å². The number of hydrogen-bond acceptors (Lipinski definition) is 5. The molecule has 0 saturated carbocycles. The van der Waals surface area contributed by atoms with Gasteiger partial charge in [-0.2, -0.15) is 0 Å². The molecule has 2 aromatic carbocycles. The second kappa shape index (κ2) is 20.2. The summed E-state index contributed by atoms with van der Waals surface area (Å²) in [5, 5.41) is 1.37. The van der Waals surface area contributed by atoms with Crippen molar-refractivity contribution in [2.24, 2.45) is 9.98 Å². The first-order valence-corrected chi connectivity index (χ1v) is 23.1. The van der Waals surface area contributed by atoms with Gasteiger partial charge >= 0.3 is 0 Å². The predicted octanol–water partition coefficient (Wildman–Crippen LogP) is 15.1. The summed E-state index contributed by atoms with van der Waals surface area (Å²) in [5.74, 6) is 2.07. The molecule has 5 heteroatoms. The Bertz CT molecular complexity index is 2430. The highest BCUT2D eigenvalue weighted by Gasteiger charge is 2.29. The maximum atomic E-state index is 5.41. The minimum atomic E-state index is -0.247. The summed E-state index contributed by atoms with van der Waals surface area (Å²) >= 11 is 3.93. The number of aryl methyl sites for hydroxylation is 1. The molecule has 59 heavy (non-hydrogen) atoms. The third-order valence-corrected chi connectivity index (χ3v) is 14.1. The second-order valence-corrected chi connectivity index (χ2v) is 18.0. The molecule has 1 aliphatic heterocycles. The average Bonchev–Trinajstić information content (AvgIpc) is 3.69. The van der Waals surface area contributed by atoms with Crippen LogP contribution in [-0.4, -0.2) is 29.8 Å². The van der Waals surface area contributed by atoms with Gasteiger partial charge in [-0.3, -0.25) is 0 Å². The molecule has 0 bridgehead atoms. The minimum Gasteiger partial charge on any atom is -0.334 e. The first-order valence-electron chi connectivity index (χ1n) is 21.5. The van der Waals surface area contributed by atoms with Crippen molar-refractivity contribution in [3.8, 4) is 0 Å². The third-order valence-electron chi connectivity index (χ3n) is 11.7. The molecule has 0 amide bonds. The fourth-order valence-corrected chi connectivity index (χ4v) is 11.0. The van der Waals surface area contributed by atoms with Crippen molar-refractivity contribution in [2.45, 2.75) is 97.1 Å². The number of benzene rings is 2. The number of amidine groups is 2. The maximum absolute atomic E-state index is 5.41. The second-order valence-electron chi connectivity index (χ2n) is 15.8. The van der Waals surface area contributed by atoms with Gasteiger partial charge in [-0.15, -0.1) is 29.3 Å². The van der Waals surface area contributed by atoms with Gasteiger partial charge in [0.25, 0.3) is 0 Å². The van der Waals surface area contributed by atoms with Crippen molar-refractivity contribution in [3.05, 3.63) is 182 Å². The van der Waals surface area contributed by atoms with E-state index in [1.165, 1.54) is 76.5 Å². The molecular weight excluding hydrogens is 755 g/mol. The van der Waals surface area contributed by atoms with Gasteiger partial charge in [-0.25, -0.2) is 9.98 Å². The summed E-state index contributed by atoms with van der Waals surface area (Å²) in [4.78, 5) is 17.3. The summed E-state index contributed by atoms with van der Waals surface area (Å²) in [7, 11) is 2.16. The Kier molecular flexibility index (Phi) is 14.4. The van der Waals surface area contributed by atoms with Crippen LogP contribution in [0, 0.1) is 0 Å². The van der Waals surface area contributed by atoms with Crippen molar-refractivity contribution in [2.75, 3.05) is 7.05 Å². The van der Waals surface area contributed by atoms with Crippen molar-refractivity contribution in [3.63, 3.8) is 0 Å². The molecule has 0 fully saturated rings. The van der Waals surface area contributed by atoms with E-state index in [4.69, 9.17) is 9.98 Å². The molecule has 3 aliphatic rings. The van der Waals surface area contributed by atoms with Gasteiger partial charge in [-0.1, -0.05) is 123 Å². The smallest absolute Gasteiger partial charge is 0.159 e. The van der Waals surface area contributed by atoms with Gasteiger partial charge in [0.05, 0.1) is 0 Å². The van der Waals surface area contributed by atoms with Crippen LogP contribution in [0.1, 0.15) is 114 Å². The van der Waals surface area contributed by atoms with Gasteiger partial charge in [0.2, 0.25) is 0 Å². The van der Waals surface area contributed by atoms with Gasteiger partial charge in [0.1, 0.15) is 12.0 Å². The molecule has 4 aromatic rings. The molecule has 0 spiro atoms. The van der Waals surface area contributed by atoms with E-state index in [1.807, 2.05) is 53.9 Å². The number of likely N-dealkylation sites (N-methyl/N-ethyl adjacent to an activating group) is 1. The summed E-state index contributed by atoms with van der Waals surface area (Å²) in [6, 6.07) is 18.0. The monoisotopic (exact) mass is 813 g/mol. The van der Waals surface area contributed by atoms with E-state index in [2.05, 4.69) is 142 Å². The zero-order valence-electron chi connectivity index (χ0n) is 35.4. The van der Waals surface area contributed by atoms with Crippen molar-refractivity contribution in [1.82, 2.24) is 4.90 Å². The number of nitrogens with zero attached hydrogens (tertiary/aromatic N) is 3. The predicted molar refractivity (Wildman–Crippen MR) is 262 cm³/mol. The molecule has 2 aromatic heterocycles. The highest BCUT2D eigenvalue weighted by atomic mass is 32.1. The number of allylic oxidation sites excluding steroid dienone is 9. The number of fused-ring (bicyclic) bond motifs is 4. The van der Waals surface area contributed by atoms with Crippen LogP contribution in [0.25, 0.3) is 28.3 Å². The standard InChI is InChI=1S/C54H59N3S2/c1-7-11-24-41(10-4)52-55-53(57(6)54(56-52)43(23-8-2)33-32-40(9-3)42-25-17-15-18-26-42)38(5)35-46-44-27-19-13-12-14-21-29-49(44)59-51(46)37-39-31-34-50-47(36-39)45-28-20-16-22-30-48(45)58-50/h7-8,10-11,13,15,17-20,22,24-26,28,30-31,33-36,40,53H,2,4,9,12,14,16,21,23,27,29,32,37H2,1,3,5-6H3/b11-7-,19-13-,38-35+,41-24+,43-33+. The molecular formula is C54H59N3S2. The highest BCUT2D eigenvalue weighted by molar-refractivity contribution is 7.20. The Morgan fingerprint density at radius 2 is 1.86 bits per heavy atom. The van der Waals surface area contributed by atoms with E-state index < -0.39 is 0 Å². The van der Waals surface area contributed by atoms with Crippen LogP contribution in [0.5, 0.6) is 0 Å². The molecule has 0 radical (unpaired) electrons. The Balaban J connectivity index is 1.31.